The van der Waals surface area contributed by atoms with Crippen LogP contribution in [0.25, 0.3) is 0 Å². The Bertz CT molecular complexity index is 898. The Balaban J connectivity index is 2.20. The summed E-state index contributed by atoms with van der Waals surface area (Å²) in [6.07, 6.45) is 5.83. The molecule has 1 aromatic carbocycles. The number of aryl methyl sites for hydroxylation is 2. The monoisotopic (exact) mass is 356 g/mol. The second kappa shape index (κ2) is 7.52. The summed E-state index contributed by atoms with van der Waals surface area (Å²) in [5.41, 5.74) is 2.21. The maximum absolute atomic E-state index is 12.9. The van der Waals surface area contributed by atoms with Gasteiger partial charge in [0.15, 0.2) is 0 Å². The number of aromatic nitrogens is 2. The highest BCUT2D eigenvalue weighted by atomic mass is 16.5. The molecule has 1 heterocycles. The van der Waals surface area contributed by atoms with Gasteiger partial charge in [0.1, 0.15) is 5.75 Å². The van der Waals surface area contributed by atoms with E-state index in [1.165, 1.54) is 11.0 Å². The zero-order chi connectivity index (χ0) is 18.8. The Kier molecular flexibility index (Phi) is 5.35. The van der Waals surface area contributed by atoms with Gasteiger partial charge in [-0.3, -0.25) is 13.9 Å². The lowest BCUT2D eigenvalue weighted by Crippen LogP contribution is -2.42. The van der Waals surface area contributed by atoms with Gasteiger partial charge in [-0.05, 0) is 56.4 Å². The summed E-state index contributed by atoms with van der Waals surface area (Å²) in [7, 11) is 1.56. The molecule has 140 valence electrons. The van der Waals surface area contributed by atoms with Gasteiger partial charge in [0.25, 0.3) is 5.56 Å². The lowest BCUT2D eigenvalue weighted by atomic mass is 9.95. The van der Waals surface area contributed by atoms with Crippen molar-refractivity contribution < 1.29 is 4.74 Å². The number of ether oxygens (including phenoxy) is 1. The molecule has 1 fully saturated rings. The third kappa shape index (κ3) is 3.48. The molecule has 1 aromatic heterocycles. The zero-order valence-electron chi connectivity index (χ0n) is 16.2. The molecule has 5 heteroatoms. The molecule has 0 unspecified atom stereocenters. The van der Waals surface area contributed by atoms with E-state index in [-0.39, 0.29) is 17.3 Å². The Labute approximate surface area is 154 Å². The second-order valence-corrected chi connectivity index (χ2v) is 7.37. The Morgan fingerprint density at radius 3 is 2.23 bits per heavy atom. The molecule has 0 amide bonds. The lowest BCUT2D eigenvalue weighted by molar-refractivity contribution is 0.297. The third-order valence-electron chi connectivity index (χ3n) is 5.24. The van der Waals surface area contributed by atoms with Crippen LogP contribution >= 0.6 is 0 Å². The Morgan fingerprint density at radius 2 is 1.65 bits per heavy atom. The average Bonchev–Trinajstić information content (AvgIpc) is 2.60. The molecule has 1 aliphatic carbocycles. The fraction of sp³-hybridized carbons (Fsp3) is 0.524. The third-order valence-corrected chi connectivity index (χ3v) is 5.24. The number of hydrogen-bond acceptors (Lipinski definition) is 3. The van der Waals surface area contributed by atoms with Crippen LogP contribution in [0.1, 0.15) is 61.8 Å². The van der Waals surface area contributed by atoms with Crippen LogP contribution in [0.2, 0.25) is 0 Å². The predicted molar refractivity (Wildman–Crippen MR) is 103 cm³/mol. The normalized spacial score (nSPS) is 15.2. The van der Waals surface area contributed by atoms with Crippen LogP contribution in [-0.2, 0) is 13.5 Å². The van der Waals surface area contributed by atoms with Crippen molar-refractivity contribution in [3.05, 3.63) is 55.7 Å². The van der Waals surface area contributed by atoms with Crippen LogP contribution in [0.15, 0.2) is 27.8 Å². The predicted octanol–water partition coefficient (Wildman–Crippen LogP) is 4.02. The van der Waals surface area contributed by atoms with Gasteiger partial charge in [-0.25, -0.2) is 4.79 Å². The van der Waals surface area contributed by atoms with Crippen molar-refractivity contribution in [3.8, 4) is 11.6 Å². The first-order chi connectivity index (χ1) is 12.4. The molecule has 0 aliphatic heterocycles. The summed E-state index contributed by atoms with van der Waals surface area (Å²) >= 11 is 0. The molecule has 5 nitrogen and oxygen atoms in total. The van der Waals surface area contributed by atoms with E-state index >= 15 is 0 Å². The van der Waals surface area contributed by atoms with Crippen molar-refractivity contribution in [2.75, 3.05) is 0 Å². The minimum atomic E-state index is -0.279. The maximum atomic E-state index is 12.9. The molecule has 0 N–H and O–H groups in total. The number of benzene rings is 1. The van der Waals surface area contributed by atoms with Gasteiger partial charge in [0.05, 0.1) is 5.56 Å². The van der Waals surface area contributed by atoms with E-state index < -0.39 is 0 Å². The van der Waals surface area contributed by atoms with Crippen molar-refractivity contribution in [1.29, 1.82) is 0 Å². The fourth-order valence-electron chi connectivity index (χ4n) is 3.95. The second-order valence-electron chi connectivity index (χ2n) is 7.37. The van der Waals surface area contributed by atoms with Crippen molar-refractivity contribution >= 4 is 0 Å². The van der Waals surface area contributed by atoms with E-state index in [1.807, 2.05) is 32.9 Å². The Hall–Kier alpha value is -2.30. The van der Waals surface area contributed by atoms with Crippen LogP contribution in [0.5, 0.6) is 11.6 Å². The molecular formula is C21H28N2O3. The fourth-order valence-corrected chi connectivity index (χ4v) is 3.95. The smallest absolute Gasteiger partial charge is 0.333 e. The molecule has 0 atom stereocenters. The molecule has 26 heavy (non-hydrogen) atoms. The van der Waals surface area contributed by atoms with Gasteiger partial charge >= 0.3 is 5.69 Å². The van der Waals surface area contributed by atoms with E-state index in [1.54, 1.807) is 11.6 Å². The Morgan fingerprint density at radius 1 is 1.04 bits per heavy atom. The van der Waals surface area contributed by atoms with Gasteiger partial charge in [-0.1, -0.05) is 32.3 Å². The first kappa shape index (κ1) is 18.5. The summed E-state index contributed by atoms with van der Waals surface area (Å²) in [5, 5.41) is 0. The maximum Gasteiger partial charge on any atom is 0.333 e. The number of rotatable bonds is 4. The largest absolute Gasteiger partial charge is 0.440 e. The molecule has 3 rings (SSSR count). The highest BCUT2D eigenvalue weighted by Gasteiger charge is 2.25. The number of hydrogen-bond donors (Lipinski definition) is 0. The van der Waals surface area contributed by atoms with Crippen LogP contribution in [0, 0.1) is 13.8 Å². The van der Waals surface area contributed by atoms with Gasteiger partial charge in [-0.2, -0.15) is 0 Å². The first-order valence-electron chi connectivity index (χ1n) is 9.53. The first-order valence-corrected chi connectivity index (χ1v) is 9.53. The van der Waals surface area contributed by atoms with Crippen molar-refractivity contribution in [3.63, 3.8) is 0 Å². The summed E-state index contributed by atoms with van der Waals surface area (Å²) < 4.78 is 9.17. The van der Waals surface area contributed by atoms with E-state index in [0.29, 0.717) is 23.6 Å². The minimum absolute atomic E-state index is 0.0919. The van der Waals surface area contributed by atoms with Crippen LogP contribution < -0.4 is 16.0 Å². The summed E-state index contributed by atoms with van der Waals surface area (Å²) in [5.74, 6) is 1.10. The topological polar surface area (TPSA) is 53.2 Å². The molecular weight excluding hydrogens is 328 g/mol. The SMILES string of the molecule is CCc1c(Oc2cc(C)cc(C)c2)n(C2CCCCC2)c(=O)n(C)c1=O. The van der Waals surface area contributed by atoms with Crippen molar-refractivity contribution in [2.24, 2.45) is 7.05 Å². The summed E-state index contributed by atoms with van der Waals surface area (Å²) in [6.45, 7) is 5.96. The molecule has 0 radical (unpaired) electrons. The van der Waals surface area contributed by atoms with Gasteiger partial charge < -0.3 is 4.74 Å². The highest BCUT2D eigenvalue weighted by Crippen LogP contribution is 2.33. The summed E-state index contributed by atoms with van der Waals surface area (Å²) in [6, 6.07) is 6.06. The van der Waals surface area contributed by atoms with Crippen molar-refractivity contribution in [2.45, 2.75) is 65.3 Å². The quantitative estimate of drug-likeness (QED) is 0.831. The molecule has 0 saturated heterocycles. The molecule has 1 aliphatic rings. The molecule has 0 spiro atoms. The molecule has 2 aromatic rings. The summed E-state index contributed by atoms with van der Waals surface area (Å²) in [4.78, 5) is 25.6. The number of nitrogens with zero attached hydrogens (tertiary/aromatic N) is 2. The highest BCUT2D eigenvalue weighted by molar-refractivity contribution is 5.37. The van der Waals surface area contributed by atoms with E-state index in [0.717, 1.165) is 36.8 Å². The standard InChI is InChI=1S/C21H28N2O3/c1-5-18-19(24)22(4)21(25)23(16-9-7-6-8-10-16)20(18)26-17-12-14(2)11-15(3)13-17/h11-13,16H,5-10H2,1-4H3. The van der Waals surface area contributed by atoms with Gasteiger partial charge in [-0.15, -0.1) is 0 Å². The lowest BCUT2D eigenvalue weighted by Gasteiger charge is -2.27. The van der Waals surface area contributed by atoms with E-state index in [4.69, 9.17) is 4.74 Å². The van der Waals surface area contributed by atoms with Crippen LogP contribution in [0.3, 0.4) is 0 Å². The van der Waals surface area contributed by atoms with Gasteiger partial charge in [0.2, 0.25) is 5.88 Å². The molecule has 1 saturated carbocycles. The zero-order valence-corrected chi connectivity index (χ0v) is 16.2. The van der Waals surface area contributed by atoms with E-state index in [9.17, 15) is 9.59 Å². The van der Waals surface area contributed by atoms with Crippen LogP contribution in [0.4, 0.5) is 0 Å². The van der Waals surface area contributed by atoms with Crippen LogP contribution in [-0.4, -0.2) is 9.13 Å². The van der Waals surface area contributed by atoms with Gasteiger partial charge in [0, 0.05) is 13.1 Å². The van der Waals surface area contributed by atoms with E-state index in [2.05, 4.69) is 6.07 Å². The minimum Gasteiger partial charge on any atom is -0.440 e. The van der Waals surface area contributed by atoms with Crippen molar-refractivity contribution in [1.82, 2.24) is 9.13 Å². The molecule has 0 bridgehead atoms. The average molecular weight is 356 g/mol.